The van der Waals surface area contributed by atoms with Gasteiger partial charge < -0.3 is 9.47 Å². The van der Waals surface area contributed by atoms with Gasteiger partial charge in [-0.15, -0.1) is 0 Å². The summed E-state index contributed by atoms with van der Waals surface area (Å²) < 4.78 is 2.41. The van der Waals surface area contributed by atoms with Gasteiger partial charge >= 0.3 is 0 Å². The second-order valence-corrected chi connectivity index (χ2v) is 15.3. The van der Waals surface area contributed by atoms with Crippen molar-refractivity contribution in [3.8, 4) is 39.1 Å². The van der Waals surface area contributed by atoms with Gasteiger partial charge in [0.25, 0.3) is 0 Å². The molecular weight excluding hydrogens is 685 g/mol. The Morgan fingerprint density at radius 3 is 1.62 bits per heavy atom. The number of aromatic nitrogens is 1. The van der Waals surface area contributed by atoms with Gasteiger partial charge in [-0.05, 0) is 111 Å². The minimum Gasteiger partial charge on any atom is -0.309 e. The van der Waals surface area contributed by atoms with Gasteiger partial charge in [-0.3, -0.25) is 0 Å². The Labute approximate surface area is 324 Å². The highest BCUT2D eigenvalue weighted by atomic mass is 32.2. The first-order chi connectivity index (χ1) is 27.2. The molecule has 0 bridgehead atoms. The highest BCUT2D eigenvalue weighted by molar-refractivity contribution is 7.99. The number of para-hydroxylation sites is 1. The third-order valence-electron chi connectivity index (χ3n) is 10.9. The van der Waals surface area contributed by atoms with E-state index in [2.05, 4.69) is 216 Å². The molecule has 1 aromatic heterocycles. The van der Waals surface area contributed by atoms with Crippen LogP contribution in [0.5, 0.6) is 0 Å². The Hall–Kier alpha value is -6.81. The second-order valence-electron chi connectivity index (χ2n) is 14.2. The first-order valence-corrected chi connectivity index (χ1v) is 19.6. The van der Waals surface area contributed by atoms with Crippen LogP contribution in [0.15, 0.2) is 216 Å². The molecule has 9 aromatic carbocycles. The monoisotopic (exact) mass is 718 g/mol. The maximum absolute atomic E-state index is 2.47. The zero-order valence-electron chi connectivity index (χ0n) is 29.9. The normalized spacial score (nSPS) is 12.3. The van der Waals surface area contributed by atoms with Crippen LogP contribution in [-0.2, 0) is 0 Å². The van der Waals surface area contributed by atoms with Gasteiger partial charge in [0.1, 0.15) is 0 Å². The van der Waals surface area contributed by atoms with E-state index in [9.17, 15) is 0 Å². The lowest BCUT2D eigenvalue weighted by Crippen LogP contribution is -2.15. The molecule has 0 spiro atoms. The molecule has 0 saturated carbocycles. The quantitative estimate of drug-likeness (QED) is 0.175. The van der Waals surface area contributed by atoms with E-state index in [1.807, 2.05) is 11.8 Å². The summed E-state index contributed by atoms with van der Waals surface area (Å²) in [6.45, 7) is 0. The molecule has 3 heteroatoms. The predicted molar refractivity (Wildman–Crippen MR) is 233 cm³/mol. The molecule has 11 rings (SSSR count). The van der Waals surface area contributed by atoms with Gasteiger partial charge in [0.05, 0.1) is 22.4 Å². The molecular formula is C52H34N2S. The van der Waals surface area contributed by atoms with Gasteiger partial charge in [-0.2, -0.15) is 0 Å². The van der Waals surface area contributed by atoms with Crippen LogP contribution in [0.1, 0.15) is 0 Å². The van der Waals surface area contributed by atoms with E-state index in [0.29, 0.717) is 0 Å². The largest absolute Gasteiger partial charge is 0.309 e. The standard InChI is InChI=1S/C52H34N2S/c1-3-13-35(14-4-1)37-19-11-21-43(29-37)53-47-24-10-9-23-45(47)46-31-41(25-27-48(46)53)42-26-28-51-49(33-42)54(44-22-12-20-38(30-44)36-15-5-2-6-16-36)50-32-39-17-7-8-18-40(39)34-52(50)55-51/h1-34H. The van der Waals surface area contributed by atoms with Crippen molar-refractivity contribution in [1.82, 2.24) is 4.57 Å². The maximum atomic E-state index is 2.47. The summed E-state index contributed by atoms with van der Waals surface area (Å²) in [5, 5.41) is 4.99. The van der Waals surface area contributed by atoms with E-state index in [1.54, 1.807) is 0 Å². The third-order valence-corrected chi connectivity index (χ3v) is 12.0. The summed E-state index contributed by atoms with van der Waals surface area (Å²) in [7, 11) is 0. The van der Waals surface area contributed by atoms with E-state index in [4.69, 9.17) is 0 Å². The highest BCUT2D eigenvalue weighted by Crippen LogP contribution is 2.53. The number of benzene rings is 9. The molecule has 0 saturated heterocycles. The SMILES string of the molecule is c1ccc(-c2cccc(N3c4cc(-c5ccc6c(c5)c5ccccc5n6-c5cccc(-c6ccccc6)c5)ccc4Sc4cc5ccccc5cc43)c2)cc1. The molecule has 0 aliphatic carbocycles. The van der Waals surface area contributed by atoms with Crippen molar-refractivity contribution in [2.45, 2.75) is 9.79 Å². The Balaban J connectivity index is 1.07. The van der Waals surface area contributed by atoms with Crippen LogP contribution in [0.3, 0.4) is 0 Å². The summed E-state index contributed by atoms with van der Waals surface area (Å²) in [5.74, 6) is 0. The zero-order chi connectivity index (χ0) is 36.3. The van der Waals surface area contributed by atoms with Crippen molar-refractivity contribution in [3.05, 3.63) is 206 Å². The molecule has 0 amide bonds. The van der Waals surface area contributed by atoms with Gasteiger partial charge in [-0.25, -0.2) is 0 Å². The van der Waals surface area contributed by atoms with Gasteiger partial charge in [0, 0.05) is 31.9 Å². The number of rotatable bonds is 5. The molecule has 2 heterocycles. The van der Waals surface area contributed by atoms with Gasteiger partial charge in [-0.1, -0.05) is 151 Å². The number of fused-ring (bicyclic) bond motifs is 6. The number of anilines is 3. The lowest BCUT2D eigenvalue weighted by Gasteiger charge is -2.34. The topological polar surface area (TPSA) is 8.17 Å². The van der Waals surface area contributed by atoms with E-state index in [0.717, 1.165) is 11.4 Å². The maximum Gasteiger partial charge on any atom is 0.0608 e. The smallest absolute Gasteiger partial charge is 0.0608 e. The van der Waals surface area contributed by atoms with Crippen molar-refractivity contribution in [2.75, 3.05) is 4.90 Å². The fourth-order valence-corrected chi connectivity index (χ4v) is 9.36. The highest BCUT2D eigenvalue weighted by Gasteiger charge is 2.27. The van der Waals surface area contributed by atoms with Crippen LogP contribution in [0.25, 0.3) is 71.6 Å². The molecule has 1 aliphatic heterocycles. The average Bonchev–Trinajstić information content (AvgIpc) is 3.59. The summed E-state index contributed by atoms with van der Waals surface area (Å²) in [6.07, 6.45) is 0. The fraction of sp³-hybridized carbons (Fsp3) is 0. The van der Waals surface area contributed by atoms with E-state index in [1.165, 1.54) is 87.1 Å². The molecule has 0 atom stereocenters. The molecule has 258 valence electrons. The Morgan fingerprint density at radius 1 is 0.309 bits per heavy atom. The molecule has 0 fully saturated rings. The van der Waals surface area contributed by atoms with Crippen LogP contribution in [0, 0.1) is 0 Å². The predicted octanol–water partition coefficient (Wildman–Crippen LogP) is 14.9. The molecule has 0 radical (unpaired) electrons. The summed E-state index contributed by atoms with van der Waals surface area (Å²) in [6, 6.07) is 75.3. The van der Waals surface area contributed by atoms with Crippen molar-refractivity contribution >= 4 is 61.4 Å². The lowest BCUT2D eigenvalue weighted by atomic mass is 10.0. The first kappa shape index (κ1) is 31.7. The van der Waals surface area contributed by atoms with E-state index in [-0.39, 0.29) is 0 Å². The fourth-order valence-electron chi connectivity index (χ4n) is 8.29. The average molecular weight is 719 g/mol. The summed E-state index contributed by atoms with van der Waals surface area (Å²) >= 11 is 1.86. The number of nitrogens with zero attached hydrogens (tertiary/aromatic N) is 2. The van der Waals surface area contributed by atoms with Crippen molar-refractivity contribution < 1.29 is 0 Å². The second kappa shape index (κ2) is 12.9. The minimum absolute atomic E-state index is 1.15. The van der Waals surface area contributed by atoms with Crippen molar-refractivity contribution in [3.63, 3.8) is 0 Å². The van der Waals surface area contributed by atoms with Crippen LogP contribution in [0.4, 0.5) is 17.1 Å². The van der Waals surface area contributed by atoms with Crippen LogP contribution in [-0.4, -0.2) is 4.57 Å². The summed E-state index contributed by atoms with van der Waals surface area (Å²) in [4.78, 5) is 4.97. The van der Waals surface area contributed by atoms with Crippen LogP contribution in [0.2, 0.25) is 0 Å². The molecule has 1 aliphatic rings. The Kier molecular flexibility index (Phi) is 7.46. The third kappa shape index (κ3) is 5.43. The first-order valence-electron chi connectivity index (χ1n) is 18.7. The Bertz CT molecular complexity index is 3070. The van der Waals surface area contributed by atoms with Crippen LogP contribution >= 0.6 is 11.8 Å². The van der Waals surface area contributed by atoms with Gasteiger partial charge in [0.15, 0.2) is 0 Å². The Morgan fingerprint density at radius 2 is 0.855 bits per heavy atom. The lowest BCUT2D eigenvalue weighted by molar-refractivity contribution is 1.17. The van der Waals surface area contributed by atoms with Crippen molar-refractivity contribution in [1.29, 1.82) is 0 Å². The molecule has 2 nitrogen and oxygen atoms in total. The molecule has 55 heavy (non-hydrogen) atoms. The van der Waals surface area contributed by atoms with Crippen LogP contribution < -0.4 is 4.90 Å². The zero-order valence-corrected chi connectivity index (χ0v) is 30.7. The van der Waals surface area contributed by atoms with E-state index >= 15 is 0 Å². The van der Waals surface area contributed by atoms with Crippen molar-refractivity contribution in [2.24, 2.45) is 0 Å². The molecule has 0 unspecified atom stereocenters. The van der Waals surface area contributed by atoms with Gasteiger partial charge in [0.2, 0.25) is 0 Å². The molecule has 10 aromatic rings. The number of hydrogen-bond donors (Lipinski definition) is 0. The minimum atomic E-state index is 1.15. The summed E-state index contributed by atoms with van der Waals surface area (Å²) in [5.41, 5.74) is 14.3. The number of hydrogen-bond acceptors (Lipinski definition) is 2. The molecule has 0 N–H and O–H groups in total. The van der Waals surface area contributed by atoms with E-state index < -0.39 is 0 Å².